The van der Waals surface area contributed by atoms with Crippen molar-refractivity contribution in [1.29, 1.82) is 0 Å². The molecule has 8 heteroatoms. The number of anilines is 6. The average Bonchev–Trinajstić information content (AvgIpc) is 1.45. The van der Waals surface area contributed by atoms with Gasteiger partial charge in [-0.25, -0.2) is 0 Å². The van der Waals surface area contributed by atoms with E-state index in [0.29, 0.717) is 5.46 Å². The molecule has 2 aromatic heterocycles. The topological polar surface area (TPSA) is 73.2 Å². The van der Waals surface area contributed by atoms with Crippen LogP contribution in [0.5, 0.6) is 0 Å². The van der Waals surface area contributed by atoms with Gasteiger partial charge in [0.1, 0.15) is 11.2 Å². The normalized spacial score (nSPS) is 15.3. The van der Waals surface area contributed by atoms with Crippen LogP contribution in [0.2, 0.25) is 0 Å². The predicted octanol–water partition coefficient (Wildman–Crippen LogP) is 32.1. The molecule has 0 unspecified atom stereocenters. The Hall–Kier alpha value is -13.9. The smallest absolute Gasteiger partial charge is 0.453 e. The first-order valence-electron chi connectivity index (χ1n) is 45.6. The summed E-state index contributed by atoms with van der Waals surface area (Å²) in [6.07, 6.45) is 0. The van der Waals surface area contributed by atoms with Gasteiger partial charge in [-0.2, -0.15) is 0 Å². The van der Waals surface area contributed by atoms with E-state index in [0.717, 1.165) is 93.2 Å². The Balaban J connectivity index is 0.000000127. The van der Waals surface area contributed by atoms with Crippen LogP contribution in [-0.2, 0) is 32.5 Å². The second-order valence-electron chi connectivity index (χ2n) is 39.6. The summed E-state index contributed by atoms with van der Waals surface area (Å²) < 4.78 is 15.9. The summed E-state index contributed by atoms with van der Waals surface area (Å²) in [5.41, 5.74) is 43.8. The molecule has 6 aliphatic carbocycles. The van der Waals surface area contributed by atoms with Gasteiger partial charge in [-0.15, -0.1) is 0 Å². The fraction of sp³-hybridized carbons (Fsp3) is 0.148. The van der Waals surface area contributed by atoms with Crippen LogP contribution < -0.4 is 15.3 Å². The van der Waals surface area contributed by atoms with E-state index in [2.05, 4.69) is 418 Å². The molecule has 0 bridgehead atoms. The lowest BCUT2D eigenvalue weighted by molar-refractivity contribution is 0.426. The highest BCUT2D eigenvalue weighted by Gasteiger charge is 2.45. The predicted molar refractivity (Wildman–Crippen MR) is 547 cm³/mol. The summed E-state index contributed by atoms with van der Waals surface area (Å²) in [7, 11) is -1.40. The minimum absolute atomic E-state index is 0.133. The maximum absolute atomic E-state index is 9.08. The monoisotopic (exact) mass is 1740 g/mol. The maximum Gasteiger partial charge on any atom is 0.489 e. The maximum atomic E-state index is 9.08. The number of furan rings is 2. The number of nitrogens with zero attached hydrogens (tertiary/aromatic N) is 2. The minimum atomic E-state index is -1.40. The molecule has 0 aliphatic heterocycles. The molecule has 26 rings (SSSR count). The van der Waals surface area contributed by atoms with Crippen molar-refractivity contribution in [2.75, 3.05) is 9.80 Å². The highest BCUT2D eigenvalue weighted by molar-refractivity contribution is 9.10. The zero-order valence-corrected chi connectivity index (χ0v) is 76.6. The van der Waals surface area contributed by atoms with Gasteiger partial charge in [0.25, 0.3) is 0 Å². The number of hydrogen-bond acceptors (Lipinski definition) is 6. The Morgan fingerprint density at radius 2 is 0.515 bits per heavy atom. The number of para-hydroxylation sites is 2. The van der Waals surface area contributed by atoms with Crippen LogP contribution in [0.3, 0.4) is 0 Å². The summed E-state index contributed by atoms with van der Waals surface area (Å²) in [6.45, 7) is 28.3. The zero-order chi connectivity index (χ0) is 88.7. The van der Waals surface area contributed by atoms with E-state index in [1.807, 2.05) is 36.4 Å². The largest absolute Gasteiger partial charge is 0.489 e. The van der Waals surface area contributed by atoms with Crippen LogP contribution in [0.4, 0.5) is 34.1 Å². The van der Waals surface area contributed by atoms with Gasteiger partial charge in [0, 0.05) is 92.4 Å². The third-order valence-electron chi connectivity index (χ3n) is 30.5. The van der Waals surface area contributed by atoms with Crippen LogP contribution in [0.15, 0.2) is 365 Å². The Labute approximate surface area is 767 Å². The molecule has 2 heterocycles. The van der Waals surface area contributed by atoms with Crippen molar-refractivity contribution in [3.8, 4) is 77.9 Å². The molecule has 0 fully saturated rings. The third-order valence-corrected chi connectivity index (χ3v) is 31.1. The van der Waals surface area contributed by atoms with Crippen LogP contribution >= 0.6 is 15.9 Å². The summed E-state index contributed by atoms with van der Waals surface area (Å²) in [5.74, 6) is 0. The van der Waals surface area contributed by atoms with E-state index in [1.165, 1.54) is 155 Å². The highest BCUT2D eigenvalue weighted by Crippen LogP contribution is 2.62. The second-order valence-corrected chi connectivity index (χ2v) is 40.5. The number of fused-ring (bicyclic) bond motifs is 28. The standard InChI is InChI=1S/C61H47NO.C51H40BrNO.C10H9BO2/c1-59(2)48-25-12-9-20-41(48)43-31-29-37(33-51(43)59)62(38-30-32-44-42-21-10-13-26-49(42)60(3,4)52(44)34-38)54-28-16-24-46-55-47(40-23-15-18-36-17-7-8-19-39(36)40)35-53-56(58(55)63-57(46)54)45-22-11-14-27-50(45)61(53,5)6;1-49(2)37-18-10-7-14-31(37)33-24-22-29(26-40(33)49)53(30-23-25-34-32-15-8-11-19-38(32)50(3,4)41(34)27-30)44-21-13-17-36-46-43(52)28-42-45(48(46)54-47(36)44)35-16-9-12-20-39(35)51(42,5)6;12-11(13)10-7-3-5-8-4-1-2-6-9(8)10/h7-35H,1-6H3;7-28H,1-6H3;1-7,12-13H. The fourth-order valence-electron chi connectivity index (χ4n) is 23.9. The number of hydrogen-bond donors (Lipinski definition) is 2. The molecule has 0 saturated heterocycles. The fourth-order valence-corrected chi connectivity index (χ4v) is 24.5. The van der Waals surface area contributed by atoms with Gasteiger partial charge in [0.05, 0.1) is 11.4 Å². The van der Waals surface area contributed by atoms with Gasteiger partial charge >= 0.3 is 7.12 Å². The van der Waals surface area contributed by atoms with Crippen LogP contribution in [-0.4, -0.2) is 17.2 Å². The second kappa shape index (κ2) is 28.6. The van der Waals surface area contributed by atoms with Crippen molar-refractivity contribution >= 4 is 128 Å². The Morgan fingerprint density at radius 3 is 0.923 bits per heavy atom. The van der Waals surface area contributed by atoms with Gasteiger partial charge in [-0.05, 0) is 233 Å². The molecule has 0 atom stereocenters. The van der Waals surface area contributed by atoms with Gasteiger partial charge in [-0.1, -0.05) is 378 Å². The molecule has 0 saturated carbocycles. The molecule has 6 aliphatic rings. The van der Waals surface area contributed by atoms with E-state index in [4.69, 9.17) is 18.9 Å². The van der Waals surface area contributed by atoms with Crippen LogP contribution in [0, 0.1) is 0 Å². The first-order chi connectivity index (χ1) is 62.8. The Kier molecular flexibility index (Phi) is 17.5. The van der Waals surface area contributed by atoms with Gasteiger partial charge in [-0.3, -0.25) is 0 Å². The molecule has 2 N–H and O–H groups in total. The number of benzene rings is 18. The van der Waals surface area contributed by atoms with E-state index >= 15 is 0 Å². The Morgan fingerprint density at radius 1 is 0.231 bits per heavy atom. The molecular weight excluding hydrogens is 1650 g/mol. The quantitative estimate of drug-likeness (QED) is 0.148. The molecule has 628 valence electrons. The molecule has 130 heavy (non-hydrogen) atoms. The molecule has 6 nitrogen and oxygen atoms in total. The SMILES string of the molecule is CC1(C)c2ccccc2-c2ccc(N(c3ccc4c(c3)C(C)(C)c3ccccc3-4)c3cccc4c3oc3c5c(cc(-c6cccc7ccccc67)c34)C(C)(C)c3ccccc3-5)cc21.CC1(C)c2ccccc2-c2ccc(N(c3ccc4c(c3)C(C)(C)c3ccccc3-4)c3cccc4c3oc3c5c(cc(Br)c34)C(C)(C)c3ccccc3-5)cc21.OB(O)c1cccc2ccccc12. The van der Waals surface area contributed by atoms with Gasteiger partial charge in [0.2, 0.25) is 0 Å². The number of rotatable bonds is 8. The first-order valence-corrected chi connectivity index (χ1v) is 46.4. The molecule has 0 spiro atoms. The van der Waals surface area contributed by atoms with Crippen molar-refractivity contribution < 1.29 is 18.9 Å². The first kappa shape index (κ1) is 79.5. The molecule has 20 aromatic rings. The van der Waals surface area contributed by atoms with Gasteiger partial charge in [0.15, 0.2) is 11.2 Å². The van der Waals surface area contributed by atoms with Gasteiger partial charge < -0.3 is 28.7 Å². The summed E-state index contributed by atoms with van der Waals surface area (Å²) >= 11 is 4.05. The highest BCUT2D eigenvalue weighted by atomic mass is 79.9. The third kappa shape index (κ3) is 11.4. The summed E-state index contributed by atoms with van der Waals surface area (Å²) in [5, 5.41) is 27.0. The van der Waals surface area contributed by atoms with E-state index in [1.54, 1.807) is 6.07 Å². The van der Waals surface area contributed by atoms with E-state index < -0.39 is 7.12 Å². The van der Waals surface area contributed by atoms with Crippen molar-refractivity contribution in [3.63, 3.8) is 0 Å². The summed E-state index contributed by atoms with van der Waals surface area (Å²) in [4.78, 5) is 4.91. The molecule has 0 radical (unpaired) electrons. The van der Waals surface area contributed by atoms with E-state index in [9.17, 15) is 0 Å². The lowest BCUT2D eigenvalue weighted by Gasteiger charge is -2.29. The van der Waals surface area contributed by atoms with Crippen molar-refractivity contribution in [1.82, 2.24) is 0 Å². The van der Waals surface area contributed by atoms with Crippen molar-refractivity contribution in [2.45, 2.75) is 116 Å². The molecule has 18 aromatic carbocycles. The van der Waals surface area contributed by atoms with Crippen molar-refractivity contribution in [3.05, 3.63) is 423 Å². The van der Waals surface area contributed by atoms with Crippen molar-refractivity contribution in [2.24, 2.45) is 0 Å². The summed E-state index contributed by atoms with van der Waals surface area (Å²) in [6, 6.07) is 129. The molecule has 0 amide bonds. The van der Waals surface area contributed by atoms with E-state index in [-0.39, 0.29) is 32.5 Å². The lowest BCUT2D eigenvalue weighted by atomic mass is 9.77. The van der Waals surface area contributed by atoms with Crippen LogP contribution in [0.1, 0.15) is 150 Å². The number of halogens is 1. The average molecular weight is 1740 g/mol. The minimum Gasteiger partial charge on any atom is -0.453 e. The van der Waals surface area contributed by atoms with Crippen LogP contribution in [0.25, 0.3) is 143 Å². The lowest BCUT2D eigenvalue weighted by Crippen LogP contribution is -2.30. The zero-order valence-electron chi connectivity index (χ0n) is 75.0. The molecular formula is C122H96BBrN2O4. The Bertz CT molecular complexity index is 8050.